The van der Waals surface area contributed by atoms with Crippen LogP contribution in [0.5, 0.6) is 0 Å². The van der Waals surface area contributed by atoms with E-state index in [4.69, 9.17) is 0 Å². The van der Waals surface area contributed by atoms with Crippen molar-refractivity contribution < 1.29 is 0 Å². The van der Waals surface area contributed by atoms with Gasteiger partial charge in [-0.2, -0.15) is 0 Å². The van der Waals surface area contributed by atoms with Gasteiger partial charge >= 0.3 is 0 Å². The molecule has 1 N–H and O–H groups in total. The molecule has 2 aliphatic rings. The van der Waals surface area contributed by atoms with E-state index in [-0.39, 0.29) is 0 Å². The largest absolute Gasteiger partial charge is 0.310 e. The Kier molecular flexibility index (Phi) is 4.48. The second kappa shape index (κ2) is 5.71. The molecule has 2 fully saturated rings. The molecule has 0 aliphatic carbocycles. The van der Waals surface area contributed by atoms with E-state index in [2.05, 4.69) is 31.0 Å². The SMILES string of the molecule is CCCC1(CN2C(C)CCC2CC)CCCN1. The highest BCUT2D eigenvalue weighted by Crippen LogP contribution is 2.32. The van der Waals surface area contributed by atoms with Crippen molar-refractivity contribution in [1.29, 1.82) is 0 Å². The van der Waals surface area contributed by atoms with Gasteiger partial charge in [0.15, 0.2) is 0 Å². The molecule has 0 amide bonds. The molecule has 0 spiro atoms. The van der Waals surface area contributed by atoms with Crippen LogP contribution in [0.1, 0.15) is 65.7 Å². The molecule has 0 aromatic carbocycles. The molecule has 2 rings (SSSR count). The first-order valence-corrected chi connectivity index (χ1v) is 7.71. The molecule has 100 valence electrons. The minimum absolute atomic E-state index is 0.445. The van der Waals surface area contributed by atoms with Crippen LogP contribution < -0.4 is 5.32 Å². The first-order valence-electron chi connectivity index (χ1n) is 7.71. The molecular weight excluding hydrogens is 208 g/mol. The van der Waals surface area contributed by atoms with Gasteiger partial charge in [0.25, 0.3) is 0 Å². The fourth-order valence-corrected chi connectivity index (χ4v) is 3.97. The van der Waals surface area contributed by atoms with Crippen LogP contribution in [0, 0.1) is 0 Å². The molecule has 0 aromatic heterocycles. The van der Waals surface area contributed by atoms with E-state index in [0.29, 0.717) is 5.54 Å². The molecule has 2 heteroatoms. The van der Waals surface area contributed by atoms with Crippen molar-refractivity contribution in [2.75, 3.05) is 13.1 Å². The number of rotatable bonds is 5. The Hall–Kier alpha value is -0.0800. The fraction of sp³-hybridized carbons (Fsp3) is 1.00. The zero-order valence-electron chi connectivity index (χ0n) is 12.0. The normalized spacial score (nSPS) is 39.0. The summed E-state index contributed by atoms with van der Waals surface area (Å²) in [7, 11) is 0. The maximum atomic E-state index is 3.82. The maximum absolute atomic E-state index is 3.82. The molecule has 17 heavy (non-hydrogen) atoms. The Morgan fingerprint density at radius 2 is 2.12 bits per heavy atom. The molecule has 0 bridgehead atoms. The topological polar surface area (TPSA) is 15.3 Å². The van der Waals surface area contributed by atoms with E-state index in [9.17, 15) is 0 Å². The second-order valence-electron chi connectivity index (χ2n) is 6.22. The molecule has 2 heterocycles. The van der Waals surface area contributed by atoms with Crippen molar-refractivity contribution in [1.82, 2.24) is 10.2 Å². The molecule has 3 atom stereocenters. The summed E-state index contributed by atoms with van der Waals surface area (Å²) in [5.41, 5.74) is 0.445. The van der Waals surface area contributed by atoms with Gasteiger partial charge < -0.3 is 5.32 Å². The summed E-state index contributed by atoms with van der Waals surface area (Å²) in [5.74, 6) is 0. The smallest absolute Gasteiger partial charge is 0.0309 e. The van der Waals surface area contributed by atoms with Crippen molar-refractivity contribution in [3.05, 3.63) is 0 Å². The van der Waals surface area contributed by atoms with Gasteiger partial charge in [0.2, 0.25) is 0 Å². The van der Waals surface area contributed by atoms with Gasteiger partial charge in [-0.15, -0.1) is 0 Å². The van der Waals surface area contributed by atoms with Gasteiger partial charge in [0, 0.05) is 24.2 Å². The molecule has 2 nitrogen and oxygen atoms in total. The van der Waals surface area contributed by atoms with Crippen molar-refractivity contribution in [3.8, 4) is 0 Å². The summed E-state index contributed by atoms with van der Waals surface area (Å²) >= 11 is 0. The Balaban J connectivity index is 2.01. The average molecular weight is 238 g/mol. The maximum Gasteiger partial charge on any atom is 0.0309 e. The Bertz CT molecular complexity index is 233. The lowest BCUT2D eigenvalue weighted by Crippen LogP contribution is -2.52. The molecule has 3 unspecified atom stereocenters. The van der Waals surface area contributed by atoms with Crippen LogP contribution in [0.2, 0.25) is 0 Å². The highest BCUT2D eigenvalue weighted by Gasteiger charge is 2.39. The Labute approximate surface area is 107 Å². The van der Waals surface area contributed by atoms with E-state index in [1.54, 1.807) is 0 Å². The highest BCUT2D eigenvalue weighted by molar-refractivity contribution is 4.98. The van der Waals surface area contributed by atoms with Crippen molar-refractivity contribution in [2.45, 2.75) is 83.3 Å². The van der Waals surface area contributed by atoms with Gasteiger partial charge in [0.05, 0.1) is 0 Å². The summed E-state index contributed by atoms with van der Waals surface area (Å²) in [5, 5.41) is 3.82. The molecule has 0 aromatic rings. The molecule has 0 radical (unpaired) electrons. The first kappa shape index (κ1) is 13.4. The Morgan fingerprint density at radius 1 is 1.29 bits per heavy atom. The van der Waals surface area contributed by atoms with Gasteiger partial charge in [-0.05, 0) is 52.0 Å². The van der Waals surface area contributed by atoms with Gasteiger partial charge in [-0.3, -0.25) is 4.90 Å². The predicted octanol–water partition coefficient (Wildman–Crippen LogP) is 3.17. The lowest BCUT2D eigenvalue weighted by Gasteiger charge is -2.38. The summed E-state index contributed by atoms with van der Waals surface area (Å²) in [6, 6.07) is 1.65. The monoisotopic (exact) mass is 238 g/mol. The van der Waals surface area contributed by atoms with Crippen LogP contribution in [0.3, 0.4) is 0 Å². The minimum atomic E-state index is 0.445. The number of hydrogen-bond acceptors (Lipinski definition) is 2. The van der Waals surface area contributed by atoms with Crippen LogP contribution in [-0.2, 0) is 0 Å². The van der Waals surface area contributed by atoms with Crippen LogP contribution in [0.4, 0.5) is 0 Å². The van der Waals surface area contributed by atoms with Crippen molar-refractivity contribution >= 4 is 0 Å². The lowest BCUT2D eigenvalue weighted by atomic mass is 9.90. The zero-order chi connectivity index (χ0) is 12.3. The Morgan fingerprint density at radius 3 is 2.71 bits per heavy atom. The van der Waals surface area contributed by atoms with Gasteiger partial charge in [-0.25, -0.2) is 0 Å². The molecule has 0 saturated carbocycles. The average Bonchev–Trinajstić information content (AvgIpc) is 2.89. The standard InChI is InChI=1S/C15H30N2/c1-4-9-15(10-6-11-16-15)12-17-13(3)7-8-14(17)5-2/h13-14,16H,4-12H2,1-3H3. The quantitative estimate of drug-likeness (QED) is 0.791. The third kappa shape index (κ3) is 2.85. The number of nitrogens with one attached hydrogen (secondary N) is 1. The zero-order valence-corrected chi connectivity index (χ0v) is 12.0. The summed E-state index contributed by atoms with van der Waals surface area (Å²) in [6.45, 7) is 9.63. The van der Waals surface area contributed by atoms with Gasteiger partial charge in [0.1, 0.15) is 0 Å². The minimum Gasteiger partial charge on any atom is -0.310 e. The van der Waals surface area contributed by atoms with Crippen molar-refractivity contribution in [3.63, 3.8) is 0 Å². The first-order chi connectivity index (χ1) is 8.21. The van der Waals surface area contributed by atoms with E-state index in [1.807, 2.05) is 0 Å². The van der Waals surface area contributed by atoms with E-state index >= 15 is 0 Å². The van der Waals surface area contributed by atoms with E-state index < -0.39 is 0 Å². The summed E-state index contributed by atoms with van der Waals surface area (Å²) in [4.78, 5) is 2.80. The van der Waals surface area contributed by atoms with Crippen LogP contribution >= 0.6 is 0 Å². The summed E-state index contributed by atoms with van der Waals surface area (Å²) in [6.07, 6.45) is 9.57. The number of nitrogens with zero attached hydrogens (tertiary/aromatic N) is 1. The van der Waals surface area contributed by atoms with E-state index in [1.165, 1.54) is 58.0 Å². The number of hydrogen-bond donors (Lipinski definition) is 1. The highest BCUT2D eigenvalue weighted by atomic mass is 15.2. The number of likely N-dealkylation sites (tertiary alicyclic amines) is 1. The molecule has 2 aliphatic heterocycles. The van der Waals surface area contributed by atoms with Crippen LogP contribution in [-0.4, -0.2) is 35.6 Å². The lowest BCUT2D eigenvalue weighted by molar-refractivity contribution is 0.134. The fourth-order valence-electron chi connectivity index (χ4n) is 3.97. The second-order valence-corrected chi connectivity index (χ2v) is 6.22. The van der Waals surface area contributed by atoms with Crippen LogP contribution in [0.15, 0.2) is 0 Å². The molecule has 2 saturated heterocycles. The summed E-state index contributed by atoms with van der Waals surface area (Å²) < 4.78 is 0. The predicted molar refractivity (Wildman–Crippen MR) is 74.4 cm³/mol. The van der Waals surface area contributed by atoms with Gasteiger partial charge in [-0.1, -0.05) is 20.3 Å². The van der Waals surface area contributed by atoms with Crippen molar-refractivity contribution in [2.24, 2.45) is 0 Å². The third-order valence-electron chi connectivity index (χ3n) is 4.97. The van der Waals surface area contributed by atoms with E-state index in [0.717, 1.165) is 12.1 Å². The van der Waals surface area contributed by atoms with Crippen LogP contribution in [0.25, 0.3) is 0 Å². The molecular formula is C15H30N2. The third-order valence-corrected chi connectivity index (χ3v) is 4.97.